The molecule has 0 atom stereocenters. The van der Waals surface area contributed by atoms with E-state index in [9.17, 15) is 9.59 Å². The minimum Gasteiger partial charge on any atom is -0.334 e. The molecule has 0 spiro atoms. The van der Waals surface area contributed by atoms with Crippen LogP contribution < -0.4 is 5.32 Å². The Morgan fingerprint density at radius 2 is 1.84 bits per heavy atom. The lowest BCUT2D eigenvalue weighted by Gasteiger charge is -2.25. The Morgan fingerprint density at radius 3 is 2.53 bits per heavy atom. The summed E-state index contributed by atoms with van der Waals surface area (Å²) in [6.07, 6.45) is 2.98. The molecule has 0 saturated carbocycles. The summed E-state index contributed by atoms with van der Waals surface area (Å²) in [5, 5.41) is 11.4. The first-order valence-electron chi connectivity index (χ1n) is 6.32. The van der Waals surface area contributed by atoms with Crippen LogP contribution in [0.5, 0.6) is 0 Å². The van der Waals surface area contributed by atoms with Gasteiger partial charge in [-0.3, -0.25) is 9.59 Å². The van der Waals surface area contributed by atoms with Crippen LogP contribution in [0.2, 0.25) is 0 Å². The number of nitrogens with zero attached hydrogens (tertiary/aromatic N) is 2. The first-order chi connectivity index (χ1) is 9.22. The molecule has 1 aromatic carbocycles. The summed E-state index contributed by atoms with van der Waals surface area (Å²) in [7, 11) is 0. The Labute approximate surface area is 111 Å². The third kappa shape index (κ3) is 3.10. The van der Waals surface area contributed by atoms with Crippen LogP contribution in [0.15, 0.2) is 24.3 Å². The number of carbonyl (C=O) groups excluding carboxylic acids is 2. The van der Waals surface area contributed by atoms with E-state index in [-0.39, 0.29) is 0 Å². The summed E-state index contributed by atoms with van der Waals surface area (Å²) >= 11 is 0. The Bertz CT molecular complexity index is 528. The highest BCUT2D eigenvalue weighted by atomic mass is 16.2. The number of hydrogen-bond acceptors (Lipinski definition) is 3. The Kier molecular flexibility index (Phi) is 4.14. The largest absolute Gasteiger partial charge is 0.334 e. The zero-order valence-electron chi connectivity index (χ0n) is 10.6. The zero-order valence-corrected chi connectivity index (χ0v) is 10.6. The van der Waals surface area contributed by atoms with Gasteiger partial charge in [0.25, 0.3) is 0 Å². The van der Waals surface area contributed by atoms with Crippen molar-refractivity contribution in [2.75, 3.05) is 18.4 Å². The van der Waals surface area contributed by atoms with E-state index < -0.39 is 11.8 Å². The van der Waals surface area contributed by atoms with E-state index in [4.69, 9.17) is 5.26 Å². The monoisotopic (exact) mass is 257 g/mol. The number of rotatable bonds is 1. The molecule has 1 aliphatic heterocycles. The van der Waals surface area contributed by atoms with Gasteiger partial charge in [0.15, 0.2) is 0 Å². The smallest absolute Gasteiger partial charge is 0.313 e. The van der Waals surface area contributed by atoms with E-state index in [0.29, 0.717) is 24.3 Å². The van der Waals surface area contributed by atoms with Crippen molar-refractivity contribution in [3.63, 3.8) is 0 Å². The molecule has 1 aliphatic rings. The number of amides is 2. The quantitative estimate of drug-likeness (QED) is 0.775. The number of piperidine rings is 1. The SMILES string of the molecule is N#Cc1ccccc1NC(=O)C(=O)N1CCCCC1. The highest BCUT2D eigenvalue weighted by Crippen LogP contribution is 2.14. The van der Waals surface area contributed by atoms with Gasteiger partial charge < -0.3 is 10.2 Å². The van der Waals surface area contributed by atoms with Crippen LogP contribution in [-0.2, 0) is 9.59 Å². The van der Waals surface area contributed by atoms with Crippen LogP contribution in [0.3, 0.4) is 0 Å². The molecule has 1 fully saturated rings. The molecule has 98 valence electrons. The van der Waals surface area contributed by atoms with Crippen molar-refractivity contribution in [1.82, 2.24) is 4.90 Å². The number of benzene rings is 1. The van der Waals surface area contributed by atoms with E-state index in [1.165, 1.54) is 0 Å². The summed E-state index contributed by atoms with van der Waals surface area (Å²) in [5.74, 6) is -1.20. The van der Waals surface area contributed by atoms with Crippen LogP contribution >= 0.6 is 0 Å². The van der Waals surface area contributed by atoms with Crippen molar-refractivity contribution in [1.29, 1.82) is 5.26 Å². The minimum absolute atomic E-state index is 0.349. The molecule has 2 amide bonds. The van der Waals surface area contributed by atoms with Crippen LogP contribution in [0.1, 0.15) is 24.8 Å². The summed E-state index contributed by atoms with van der Waals surface area (Å²) in [6.45, 7) is 1.26. The van der Waals surface area contributed by atoms with Gasteiger partial charge in [0, 0.05) is 13.1 Å². The molecular formula is C14H15N3O2. The molecule has 0 radical (unpaired) electrons. The molecule has 1 aromatic rings. The zero-order chi connectivity index (χ0) is 13.7. The number of hydrogen-bond donors (Lipinski definition) is 1. The molecule has 0 aliphatic carbocycles. The predicted molar refractivity (Wildman–Crippen MR) is 70.2 cm³/mol. The highest BCUT2D eigenvalue weighted by Gasteiger charge is 2.23. The third-order valence-corrected chi connectivity index (χ3v) is 3.13. The minimum atomic E-state index is -0.676. The molecule has 0 unspecified atom stereocenters. The second kappa shape index (κ2) is 6.01. The van der Waals surface area contributed by atoms with Crippen molar-refractivity contribution >= 4 is 17.5 Å². The Hall–Kier alpha value is -2.35. The molecular weight excluding hydrogens is 242 g/mol. The fourth-order valence-electron chi connectivity index (χ4n) is 2.11. The summed E-state index contributed by atoms with van der Waals surface area (Å²) in [6, 6.07) is 8.61. The lowest BCUT2D eigenvalue weighted by atomic mass is 10.1. The Balaban J connectivity index is 2.04. The average molecular weight is 257 g/mol. The summed E-state index contributed by atoms with van der Waals surface area (Å²) in [5.41, 5.74) is 0.725. The number of likely N-dealkylation sites (tertiary alicyclic amines) is 1. The molecule has 2 rings (SSSR count). The van der Waals surface area contributed by atoms with Crippen LogP contribution in [0.25, 0.3) is 0 Å². The van der Waals surface area contributed by atoms with E-state index in [1.807, 2.05) is 6.07 Å². The van der Waals surface area contributed by atoms with Crippen LogP contribution in [0, 0.1) is 11.3 Å². The molecule has 5 nitrogen and oxygen atoms in total. The van der Waals surface area contributed by atoms with Gasteiger partial charge in [0.2, 0.25) is 0 Å². The molecule has 1 heterocycles. The number of nitriles is 1. The van der Waals surface area contributed by atoms with Gasteiger partial charge in [-0.2, -0.15) is 5.26 Å². The van der Waals surface area contributed by atoms with Crippen molar-refractivity contribution < 1.29 is 9.59 Å². The molecule has 1 N–H and O–H groups in total. The number of carbonyl (C=O) groups is 2. The van der Waals surface area contributed by atoms with Crippen molar-refractivity contribution in [2.24, 2.45) is 0 Å². The summed E-state index contributed by atoms with van der Waals surface area (Å²) < 4.78 is 0. The molecule has 1 saturated heterocycles. The van der Waals surface area contributed by atoms with Gasteiger partial charge >= 0.3 is 11.8 Å². The fourth-order valence-corrected chi connectivity index (χ4v) is 2.11. The fraction of sp³-hybridized carbons (Fsp3) is 0.357. The molecule has 19 heavy (non-hydrogen) atoms. The normalized spacial score (nSPS) is 14.6. The van der Waals surface area contributed by atoms with Crippen molar-refractivity contribution in [2.45, 2.75) is 19.3 Å². The Morgan fingerprint density at radius 1 is 1.16 bits per heavy atom. The van der Waals surface area contributed by atoms with Gasteiger partial charge in [-0.05, 0) is 31.4 Å². The van der Waals surface area contributed by atoms with Gasteiger partial charge in [-0.25, -0.2) is 0 Å². The number of para-hydroxylation sites is 1. The van der Waals surface area contributed by atoms with Crippen LogP contribution in [0.4, 0.5) is 5.69 Å². The van der Waals surface area contributed by atoms with Gasteiger partial charge in [-0.1, -0.05) is 12.1 Å². The second-order valence-corrected chi connectivity index (χ2v) is 4.46. The third-order valence-electron chi connectivity index (χ3n) is 3.13. The predicted octanol–water partition coefficient (Wildman–Crippen LogP) is 1.51. The van der Waals surface area contributed by atoms with Gasteiger partial charge in [0.1, 0.15) is 6.07 Å². The lowest BCUT2D eigenvalue weighted by Crippen LogP contribution is -2.42. The molecule has 0 bridgehead atoms. The van der Waals surface area contributed by atoms with Crippen molar-refractivity contribution in [3.8, 4) is 6.07 Å². The number of nitrogens with one attached hydrogen (secondary N) is 1. The molecule has 0 aromatic heterocycles. The van der Waals surface area contributed by atoms with Crippen molar-refractivity contribution in [3.05, 3.63) is 29.8 Å². The maximum Gasteiger partial charge on any atom is 0.313 e. The average Bonchev–Trinajstić information content (AvgIpc) is 2.48. The maximum absolute atomic E-state index is 11.9. The first-order valence-corrected chi connectivity index (χ1v) is 6.32. The maximum atomic E-state index is 11.9. The standard InChI is InChI=1S/C14H15N3O2/c15-10-11-6-2-3-7-12(11)16-13(18)14(19)17-8-4-1-5-9-17/h2-3,6-7H,1,4-5,8-9H2,(H,16,18). The van der Waals surface area contributed by atoms with Gasteiger partial charge in [-0.15, -0.1) is 0 Å². The lowest BCUT2D eigenvalue weighted by molar-refractivity contribution is -0.143. The van der Waals surface area contributed by atoms with E-state index >= 15 is 0 Å². The second-order valence-electron chi connectivity index (χ2n) is 4.46. The van der Waals surface area contributed by atoms with Crippen LogP contribution in [-0.4, -0.2) is 29.8 Å². The first kappa shape index (κ1) is 13.1. The van der Waals surface area contributed by atoms with E-state index in [1.54, 1.807) is 29.2 Å². The summed E-state index contributed by atoms with van der Waals surface area (Å²) in [4.78, 5) is 25.4. The highest BCUT2D eigenvalue weighted by molar-refractivity contribution is 6.39. The van der Waals surface area contributed by atoms with E-state index in [0.717, 1.165) is 19.3 Å². The van der Waals surface area contributed by atoms with Gasteiger partial charge in [0.05, 0.1) is 11.3 Å². The topological polar surface area (TPSA) is 73.2 Å². The molecule has 5 heteroatoms. The number of anilines is 1. The van der Waals surface area contributed by atoms with E-state index in [2.05, 4.69) is 5.32 Å².